The molecule has 1 amide bonds. The van der Waals surface area contributed by atoms with Crippen molar-refractivity contribution in [2.75, 3.05) is 12.8 Å². The maximum absolute atomic E-state index is 12.0. The van der Waals surface area contributed by atoms with Gasteiger partial charge in [0, 0.05) is 37.0 Å². The highest BCUT2D eigenvalue weighted by atomic mass is 32.2. The molecule has 1 saturated carbocycles. The van der Waals surface area contributed by atoms with E-state index in [2.05, 4.69) is 51.5 Å². The van der Waals surface area contributed by atoms with Crippen molar-refractivity contribution in [3.8, 4) is 0 Å². The second kappa shape index (κ2) is 8.48. The molecule has 1 aliphatic heterocycles. The van der Waals surface area contributed by atoms with Gasteiger partial charge in [-0.15, -0.1) is 11.8 Å². The zero-order valence-electron chi connectivity index (χ0n) is 16.0. The maximum atomic E-state index is 12.0. The molecule has 1 aromatic carbocycles. The van der Waals surface area contributed by atoms with Crippen molar-refractivity contribution in [1.29, 1.82) is 0 Å². The maximum Gasteiger partial charge on any atom is 0.223 e. The number of hydrogen-bond acceptors (Lipinski definition) is 4. The SMILES string of the molecule is CSc1ccc(CN2CCCn3nc(CNC(=O)C4CCC4)cc3C2)cc1. The van der Waals surface area contributed by atoms with E-state index in [-0.39, 0.29) is 11.8 Å². The average Bonchev–Trinajstić information content (AvgIpc) is 2.91. The van der Waals surface area contributed by atoms with E-state index in [1.54, 1.807) is 11.8 Å². The Bertz CT molecular complexity index is 782. The van der Waals surface area contributed by atoms with Crippen LogP contribution in [0, 0.1) is 5.92 Å². The summed E-state index contributed by atoms with van der Waals surface area (Å²) in [6.45, 7) is 4.46. The van der Waals surface area contributed by atoms with Crippen molar-refractivity contribution < 1.29 is 4.79 Å². The first-order valence-corrected chi connectivity index (χ1v) is 11.1. The highest BCUT2D eigenvalue weighted by molar-refractivity contribution is 7.98. The van der Waals surface area contributed by atoms with Gasteiger partial charge >= 0.3 is 0 Å². The summed E-state index contributed by atoms with van der Waals surface area (Å²) in [5.74, 6) is 0.429. The van der Waals surface area contributed by atoms with E-state index in [0.29, 0.717) is 6.54 Å². The number of nitrogens with zero attached hydrogens (tertiary/aromatic N) is 3. The predicted molar refractivity (Wildman–Crippen MR) is 108 cm³/mol. The Balaban J connectivity index is 1.36. The van der Waals surface area contributed by atoms with E-state index in [9.17, 15) is 4.79 Å². The summed E-state index contributed by atoms with van der Waals surface area (Å²) >= 11 is 1.78. The molecule has 1 N–H and O–H groups in total. The Kier molecular flexibility index (Phi) is 5.83. The van der Waals surface area contributed by atoms with Crippen molar-refractivity contribution in [2.24, 2.45) is 5.92 Å². The van der Waals surface area contributed by atoms with Crippen LogP contribution in [0.15, 0.2) is 35.2 Å². The van der Waals surface area contributed by atoms with Gasteiger partial charge in [-0.2, -0.15) is 5.10 Å². The molecule has 6 heteroatoms. The third kappa shape index (κ3) is 4.55. The van der Waals surface area contributed by atoms with Gasteiger partial charge in [-0.3, -0.25) is 14.4 Å². The van der Waals surface area contributed by atoms with Gasteiger partial charge in [0.25, 0.3) is 0 Å². The molecule has 0 spiro atoms. The van der Waals surface area contributed by atoms with Crippen LogP contribution in [-0.2, 0) is 31.0 Å². The first kappa shape index (κ1) is 18.6. The Morgan fingerprint density at radius 2 is 2.04 bits per heavy atom. The number of thioether (sulfide) groups is 1. The number of hydrogen-bond donors (Lipinski definition) is 1. The summed E-state index contributed by atoms with van der Waals surface area (Å²) in [4.78, 5) is 15.8. The molecular weight excluding hydrogens is 356 g/mol. The van der Waals surface area contributed by atoms with Gasteiger partial charge in [-0.05, 0) is 49.3 Å². The molecule has 1 fully saturated rings. The molecule has 0 bridgehead atoms. The molecule has 5 nitrogen and oxygen atoms in total. The number of carbonyl (C=O) groups excluding carboxylic acids is 1. The molecule has 27 heavy (non-hydrogen) atoms. The fraction of sp³-hybridized carbons (Fsp3) is 0.524. The monoisotopic (exact) mass is 384 g/mol. The summed E-state index contributed by atoms with van der Waals surface area (Å²) < 4.78 is 2.13. The Morgan fingerprint density at radius 1 is 1.22 bits per heavy atom. The molecule has 144 valence electrons. The number of benzene rings is 1. The van der Waals surface area contributed by atoms with E-state index in [4.69, 9.17) is 5.10 Å². The molecule has 1 aliphatic carbocycles. The molecule has 0 atom stereocenters. The summed E-state index contributed by atoms with van der Waals surface area (Å²) in [5, 5.41) is 7.78. The average molecular weight is 385 g/mol. The van der Waals surface area contributed by atoms with Crippen LogP contribution in [0.5, 0.6) is 0 Å². The highest BCUT2D eigenvalue weighted by Crippen LogP contribution is 2.26. The Hall–Kier alpha value is -1.79. The number of nitrogens with one attached hydrogen (secondary N) is 1. The normalized spacial score (nSPS) is 17.8. The van der Waals surface area contributed by atoms with Crippen molar-refractivity contribution in [3.63, 3.8) is 0 Å². The van der Waals surface area contributed by atoms with E-state index in [1.165, 1.54) is 22.6 Å². The molecule has 0 radical (unpaired) electrons. The van der Waals surface area contributed by atoms with Gasteiger partial charge in [-0.1, -0.05) is 18.6 Å². The smallest absolute Gasteiger partial charge is 0.223 e. The van der Waals surface area contributed by atoms with Crippen molar-refractivity contribution in [1.82, 2.24) is 20.0 Å². The lowest BCUT2D eigenvalue weighted by Crippen LogP contribution is -2.34. The molecule has 1 aromatic heterocycles. The van der Waals surface area contributed by atoms with E-state index < -0.39 is 0 Å². The van der Waals surface area contributed by atoms with E-state index >= 15 is 0 Å². The lowest BCUT2D eigenvalue weighted by atomic mass is 9.85. The van der Waals surface area contributed by atoms with Crippen LogP contribution in [-0.4, -0.2) is 33.4 Å². The van der Waals surface area contributed by atoms with Gasteiger partial charge < -0.3 is 5.32 Å². The molecule has 0 unspecified atom stereocenters. The molecule has 2 heterocycles. The molecule has 2 aliphatic rings. The first-order chi connectivity index (χ1) is 13.2. The van der Waals surface area contributed by atoms with Gasteiger partial charge in [0.05, 0.1) is 17.9 Å². The number of rotatable bonds is 6. The third-order valence-electron chi connectivity index (χ3n) is 5.63. The lowest BCUT2D eigenvalue weighted by molar-refractivity contribution is -0.127. The number of aryl methyl sites for hydroxylation is 1. The minimum Gasteiger partial charge on any atom is -0.350 e. The summed E-state index contributed by atoms with van der Waals surface area (Å²) in [7, 11) is 0. The number of carbonyl (C=O) groups is 1. The van der Waals surface area contributed by atoms with Crippen molar-refractivity contribution in [2.45, 2.75) is 56.8 Å². The van der Waals surface area contributed by atoms with Gasteiger partial charge in [0.15, 0.2) is 0 Å². The minimum atomic E-state index is 0.194. The second-order valence-corrected chi connectivity index (χ2v) is 8.49. The van der Waals surface area contributed by atoms with Crippen molar-refractivity contribution in [3.05, 3.63) is 47.3 Å². The summed E-state index contributed by atoms with van der Waals surface area (Å²) in [5.41, 5.74) is 3.58. The van der Waals surface area contributed by atoms with Gasteiger partial charge in [0.1, 0.15) is 0 Å². The quantitative estimate of drug-likeness (QED) is 0.776. The van der Waals surface area contributed by atoms with Crippen LogP contribution in [0.25, 0.3) is 0 Å². The topological polar surface area (TPSA) is 50.2 Å². The van der Waals surface area contributed by atoms with E-state index in [0.717, 1.165) is 51.1 Å². The largest absolute Gasteiger partial charge is 0.350 e. The first-order valence-electron chi connectivity index (χ1n) is 9.90. The lowest BCUT2D eigenvalue weighted by Gasteiger charge is -2.23. The van der Waals surface area contributed by atoms with Gasteiger partial charge in [0.2, 0.25) is 5.91 Å². The van der Waals surface area contributed by atoms with Crippen LogP contribution < -0.4 is 5.32 Å². The number of amides is 1. The minimum absolute atomic E-state index is 0.194. The van der Waals surface area contributed by atoms with Gasteiger partial charge in [-0.25, -0.2) is 0 Å². The van der Waals surface area contributed by atoms with Crippen LogP contribution >= 0.6 is 11.8 Å². The summed E-state index contributed by atoms with van der Waals surface area (Å²) in [6.07, 6.45) is 6.48. The van der Waals surface area contributed by atoms with Crippen LogP contribution in [0.2, 0.25) is 0 Å². The van der Waals surface area contributed by atoms with E-state index in [1.807, 2.05) is 0 Å². The highest BCUT2D eigenvalue weighted by Gasteiger charge is 2.25. The standard InChI is InChI=1S/C21H28N4OS/c1-27-20-8-6-16(7-9-20)14-24-10-3-11-25-19(15-24)12-18(23-25)13-22-21(26)17-4-2-5-17/h6-9,12,17H,2-5,10-11,13-15H2,1H3,(H,22,26). The predicted octanol–water partition coefficient (Wildman–Crippen LogP) is 3.43. The molecule has 0 saturated heterocycles. The third-order valence-corrected chi connectivity index (χ3v) is 6.37. The fourth-order valence-corrected chi connectivity index (χ4v) is 4.20. The fourth-order valence-electron chi connectivity index (χ4n) is 3.79. The second-order valence-electron chi connectivity index (χ2n) is 7.61. The van der Waals surface area contributed by atoms with Crippen LogP contribution in [0.4, 0.5) is 0 Å². The Morgan fingerprint density at radius 3 is 2.74 bits per heavy atom. The van der Waals surface area contributed by atoms with Crippen LogP contribution in [0.3, 0.4) is 0 Å². The zero-order valence-corrected chi connectivity index (χ0v) is 16.8. The number of fused-ring (bicyclic) bond motifs is 1. The van der Waals surface area contributed by atoms with Crippen LogP contribution in [0.1, 0.15) is 42.6 Å². The zero-order chi connectivity index (χ0) is 18.6. The Labute approximate surface area is 165 Å². The number of aromatic nitrogens is 2. The molecule has 2 aromatic rings. The summed E-state index contributed by atoms with van der Waals surface area (Å²) in [6, 6.07) is 11.0. The molecular formula is C21H28N4OS. The molecule has 4 rings (SSSR count). The van der Waals surface area contributed by atoms with Crippen molar-refractivity contribution >= 4 is 17.7 Å².